The Morgan fingerprint density at radius 3 is 2.64 bits per heavy atom. The lowest BCUT2D eigenvalue weighted by molar-refractivity contribution is 0.244. The van der Waals surface area contributed by atoms with Gasteiger partial charge in [0.2, 0.25) is 0 Å². The molecular weight excluding hydrogens is 178 g/mol. The van der Waals surface area contributed by atoms with Crippen LogP contribution in [0.5, 0.6) is 0 Å². The van der Waals surface area contributed by atoms with Crippen molar-refractivity contribution >= 4 is 6.03 Å². The fourth-order valence-corrected chi connectivity index (χ4v) is 1.18. The van der Waals surface area contributed by atoms with E-state index in [9.17, 15) is 4.79 Å². The van der Waals surface area contributed by atoms with E-state index in [4.69, 9.17) is 5.73 Å². The topological polar surface area (TPSA) is 67.2 Å². The number of rotatable bonds is 5. The molecule has 1 rings (SSSR count). The molecule has 0 bridgehead atoms. The van der Waals surface area contributed by atoms with Crippen molar-refractivity contribution < 1.29 is 4.79 Å². The molecule has 1 aromatic rings. The van der Waals surface area contributed by atoms with E-state index in [1.165, 1.54) is 5.56 Å². The van der Waals surface area contributed by atoms with Crippen LogP contribution in [0.2, 0.25) is 0 Å². The summed E-state index contributed by atoms with van der Waals surface area (Å²) in [4.78, 5) is 10.3. The van der Waals surface area contributed by atoms with Crippen LogP contribution >= 0.6 is 0 Å². The summed E-state index contributed by atoms with van der Waals surface area (Å²) >= 11 is 0. The van der Waals surface area contributed by atoms with Crippen LogP contribution in [0.3, 0.4) is 0 Å². The van der Waals surface area contributed by atoms with Gasteiger partial charge in [-0.3, -0.25) is 5.43 Å². The molecule has 1 aromatic carbocycles. The van der Waals surface area contributed by atoms with Gasteiger partial charge in [0, 0.05) is 6.54 Å². The molecule has 4 heteroatoms. The SMILES string of the molecule is NC(=O)NNCCCc1ccccc1. The molecule has 0 aromatic heterocycles. The Bertz CT molecular complexity index is 274. The predicted octanol–water partition coefficient (Wildman–Crippen LogP) is 0.792. The number of nitrogens with one attached hydrogen (secondary N) is 2. The highest BCUT2D eigenvalue weighted by atomic mass is 16.2. The van der Waals surface area contributed by atoms with Crippen LogP contribution in [-0.4, -0.2) is 12.6 Å². The van der Waals surface area contributed by atoms with Gasteiger partial charge in [-0.2, -0.15) is 0 Å². The zero-order valence-corrected chi connectivity index (χ0v) is 7.99. The van der Waals surface area contributed by atoms with Gasteiger partial charge in [-0.15, -0.1) is 0 Å². The Morgan fingerprint density at radius 1 is 1.29 bits per heavy atom. The molecule has 0 aliphatic carbocycles. The Kier molecular flexibility index (Phi) is 4.50. The Balaban J connectivity index is 2.08. The smallest absolute Gasteiger partial charge is 0.326 e. The molecule has 14 heavy (non-hydrogen) atoms. The first-order chi connectivity index (χ1) is 6.79. The first-order valence-corrected chi connectivity index (χ1v) is 4.61. The predicted molar refractivity (Wildman–Crippen MR) is 55.5 cm³/mol. The second-order valence-corrected chi connectivity index (χ2v) is 3.01. The maximum absolute atomic E-state index is 10.3. The molecule has 0 aliphatic rings. The minimum atomic E-state index is -0.551. The summed E-state index contributed by atoms with van der Waals surface area (Å²) in [6, 6.07) is 9.65. The number of primary amides is 1. The van der Waals surface area contributed by atoms with Crippen molar-refractivity contribution in [2.45, 2.75) is 12.8 Å². The van der Waals surface area contributed by atoms with Gasteiger partial charge in [0.05, 0.1) is 0 Å². The number of amides is 2. The summed E-state index contributed by atoms with van der Waals surface area (Å²) in [6.45, 7) is 0.720. The number of aryl methyl sites for hydroxylation is 1. The summed E-state index contributed by atoms with van der Waals surface area (Å²) in [7, 11) is 0. The molecule has 4 N–H and O–H groups in total. The standard InChI is InChI=1S/C10H15N3O/c11-10(14)13-12-8-4-7-9-5-2-1-3-6-9/h1-3,5-6,12H,4,7-8H2,(H3,11,13,14). The number of carbonyl (C=O) groups is 1. The zero-order valence-electron chi connectivity index (χ0n) is 7.99. The first-order valence-electron chi connectivity index (χ1n) is 4.61. The van der Waals surface area contributed by atoms with Crippen LogP contribution in [0, 0.1) is 0 Å². The first kappa shape index (κ1) is 10.5. The van der Waals surface area contributed by atoms with Crippen LogP contribution in [-0.2, 0) is 6.42 Å². The fourth-order valence-electron chi connectivity index (χ4n) is 1.18. The summed E-state index contributed by atoms with van der Waals surface area (Å²) in [5, 5.41) is 0. The van der Waals surface area contributed by atoms with Crippen molar-refractivity contribution in [2.75, 3.05) is 6.54 Å². The number of nitrogens with two attached hydrogens (primary N) is 1. The average Bonchev–Trinajstić information content (AvgIpc) is 2.18. The van der Waals surface area contributed by atoms with E-state index in [2.05, 4.69) is 23.0 Å². The molecule has 0 saturated heterocycles. The molecule has 0 aliphatic heterocycles. The second-order valence-electron chi connectivity index (χ2n) is 3.01. The van der Waals surface area contributed by atoms with E-state index < -0.39 is 6.03 Å². The van der Waals surface area contributed by atoms with E-state index in [-0.39, 0.29) is 0 Å². The van der Waals surface area contributed by atoms with Gasteiger partial charge in [0.15, 0.2) is 0 Å². The quantitative estimate of drug-likeness (QED) is 0.478. The summed E-state index contributed by atoms with van der Waals surface area (Å²) < 4.78 is 0. The van der Waals surface area contributed by atoms with Crippen molar-refractivity contribution in [1.29, 1.82) is 0 Å². The average molecular weight is 193 g/mol. The number of hydrogen-bond acceptors (Lipinski definition) is 2. The monoisotopic (exact) mass is 193 g/mol. The summed E-state index contributed by atoms with van der Waals surface area (Å²) in [6.07, 6.45) is 1.96. The largest absolute Gasteiger partial charge is 0.351 e. The van der Waals surface area contributed by atoms with Gasteiger partial charge < -0.3 is 5.73 Å². The number of carbonyl (C=O) groups excluding carboxylic acids is 1. The highest BCUT2D eigenvalue weighted by Crippen LogP contribution is 2.00. The van der Waals surface area contributed by atoms with Crippen molar-refractivity contribution in [3.8, 4) is 0 Å². The van der Waals surface area contributed by atoms with Gasteiger partial charge in [-0.25, -0.2) is 10.2 Å². The second kappa shape index (κ2) is 5.99. The lowest BCUT2D eigenvalue weighted by Crippen LogP contribution is -2.41. The van der Waals surface area contributed by atoms with Crippen LogP contribution < -0.4 is 16.6 Å². The number of urea groups is 1. The van der Waals surface area contributed by atoms with Crippen LogP contribution in [0.25, 0.3) is 0 Å². The lowest BCUT2D eigenvalue weighted by atomic mass is 10.1. The maximum Gasteiger partial charge on any atom is 0.326 e. The molecule has 2 amide bonds. The number of hydrazine groups is 1. The zero-order chi connectivity index (χ0) is 10.2. The Hall–Kier alpha value is -1.55. The van der Waals surface area contributed by atoms with E-state index in [1.807, 2.05) is 18.2 Å². The van der Waals surface area contributed by atoms with E-state index in [0.717, 1.165) is 19.4 Å². The van der Waals surface area contributed by atoms with E-state index >= 15 is 0 Å². The molecule has 76 valence electrons. The Labute approximate surface area is 83.5 Å². The van der Waals surface area contributed by atoms with Gasteiger partial charge in [0.1, 0.15) is 0 Å². The minimum absolute atomic E-state index is 0.551. The third-order valence-corrected chi connectivity index (χ3v) is 1.82. The van der Waals surface area contributed by atoms with Crippen molar-refractivity contribution in [1.82, 2.24) is 10.9 Å². The summed E-state index contributed by atoms with van der Waals surface area (Å²) in [5.74, 6) is 0. The number of benzene rings is 1. The fraction of sp³-hybridized carbons (Fsp3) is 0.300. The minimum Gasteiger partial charge on any atom is -0.351 e. The molecule has 4 nitrogen and oxygen atoms in total. The van der Waals surface area contributed by atoms with Crippen molar-refractivity contribution in [3.05, 3.63) is 35.9 Å². The third-order valence-electron chi connectivity index (χ3n) is 1.82. The Morgan fingerprint density at radius 2 is 2.00 bits per heavy atom. The molecule has 0 radical (unpaired) electrons. The van der Waals surface area contributed by atoms with E-state index in [1.54, 1.807) is 0 Å². The number of hydrogen-bond donors (Lipinski definition) is 3. The highest BCUT2D eigenvalue weighted by molar-refractivity contribution is 5.70. The molecular formula is C10H15N3O. The van der Waals surface area contributed by atoms with Crippen LogP contribution in [0.4, 0.5) is 4.79 Å². The molecule has 0 atom stereocenters. The van der Waals surface area contributed by atoms with Gasteiger partial charge in [-0.1, -0.05) is 30.3 Å². The summed E-state index contributed by atoms with van der Waals surface area (Å²) in [5.41, 5.74) is 11.2. The van der Waals surface area contributed by atoms with E-state index in [0.29, 0.717) is 0 Å². The molecule has 0 fully saturated rings. The third kappa shape index (κ3) is 4.47. The van der Waals surface area contributed by atoms with Gasteiger partial charge in [0.25, 0.3) is 0 Å². The molecule has 0 unspecified atom stereocenters. The normalized spacial score (nSPS) is 9.71. The van der Waals surface area contributed by atoms with Crippen LogP contribution in [0.1, 0.15) is 12.0 Å². The molecule has 0 saturated carbocycles. The van der Waals surface area contributed by atoms with Crippen LogP contribution in [0.15, 0.2) is 30.3 Å². The van der Waals surface area contributed by atoms with Crippen molar-refractivity contribution in [3.63, 3.8) is 0 Å². The maximum atomic E-state index is 10.3. The molecule has 0 spiro atoms. The van der Waals surface area contributed by atoms with Gasteiger partial charge in [-0.05, 0) is 18.4 Å². The lowest BCUT2D eigenvalue weighted by Gasteiger charge is -2.04. The molecule has 0 heterocycles. The van der Waals surface area contributed by atoms with Crippen molar-refractivity contribution in [2.24, 2.45) is 5.73 Å². The van der Waals surface area contributed by atoms with Gasteiger partial charge >= 0.3 is 6.03 Å². The highest BCUT2D eigenvalue weighted by Gasteiger charge is 1.92.